The molecule has 0 radical (unpaired) electrons. The van der Waals surface area contributed by atoms with Crippen LogP contribution in [0.4, 0.5) is 17.1 Å². The molecule has 3 aromatic rings. The van der Waals surface area contributed by atoms with Crippen LogP contribution in [0.3, 0.4) is 0 Å². The second kappa shape index (κ2) is 19.2. The molecule has 46 heavy (non-hydrogen) atoms. The predicted molar refractivity (Wildman–Crippen MR) is 145 cm³/mol. The van der Waals surface area contributed by atoms with Crippen LogP contribution >= 0.6 is 0 Å². The number of sulfone groups is 1. The van der Waals surface area contributed by atoms with Gasteiger partial charge in [-0.3, -0.25) is 4.18 Å². The van der Waals surface area contributed by atoms with Gasteiger partial charge in [0.15, 0.2) is 9.84 Å². The van der Waals surface area contributed by atoms with Crippen LogP contribution in [0.25, 0.3) is 6.08 Å². The maximum Gasteiger partial charge on any atom is 1.00 e. The van der Waals surface area contributed by atoms with Crippen LogP contribution in [-0.2, 0) is 34.5 Å². The van der Waals surface area contributed by atoms with Crippen molar-refractivity contribution < 1.29 is 162 Å². The fourth-order valence-electron chi connectivity index (χ4n) is 3.52. The van der Waals surface area contributed by atoms with Gasteiger partial charge in [0.2, 0.25) is 10.4 Å². The average molecular weight is 724 g/mol. The van der Waals surface area contributed by atoms with E-state index in [1.165, 1.54) is 6.08 Å². The van der Waals surface area contributed by atoms with Gasteiger partial charge in [0.05, 0.1) is 27.8 Å². The van der Waals surface area contributed by atoms with Crippen molar-refractivity contribution in [2.45, 2.75) is 9.79 Å². The molecule has 220 valence electrons. The number of allylic oxidation sites excluding steroid dienone is 1. The predicted octanol–water partition coefficient (Wildman–Crippen LogP) is -9.56. The first kappa shape index (κ1) is 45.7. The molecule has 0 bridgehead atoms. The molecule has 0 heterocycles. The van der Waals surface area contributed by atoms with Gasteiger partial charge in [-0.1, -0.05) is 17.3 Å². The number of anilines is 1. The van der Waals surface area contributed by atoms with E-state index in [1.807, 2.05) is 0 Å². The van der Waals surface area contributed by atoms with E-state index in [0.717, 1.165) is 30.3 Å². The Kier molecular flexibility index (Phi) is 19.0. The number of phenols is 1. The van der Waals surface area contributed by atoms with Gasteiger partial charge in [-0.2, -0.15) is 35.5 Å². The maximum absolute atomic E-state index is 12.3. The van der Waals surface area contributed by atoms with Gasteiger partial charge in [0.1, 0.15) is 21.6 Å². The topological polar surface area (TPSA) is 251 Å². The summed E-state index contributed by atoms with van der Waals surface area (Å²) in [6.07, 6.45) is 3.92. The quantitative estimate of drug-likeness (QED) is 0.0442. The van der Waals surface area contributed by atoms with Gasteiger partial charge >= 0.3 is 118 Å². The Morgan fingerprint density at radius 2 is 1.52 bits per heavy atom. The number of nitrogens with zero attached hydrogens (tertiary/aromatic N) is 3. The Balaban J connectivity index is 0.00000506. The number of benzene rings is 3. The zero-order valence-electron chi connectivity index (χ0n) is 24.9. The number of hydrogen-bond donors (Lipinski definition) is 3. The van der Waals surface area contributed by atoms with Crippen LogP contribution in [0, 0.1) is 17.6 Å². The summed E-state index contributed by atoms with van der Waals surface area (Å²) < 4.78 is 96.0. The number of rotatable bonds is 10. The van der Waals surface area contributed by atoms with Gasteiger partial charge in [0, 0.05) is 0 Å². The molecule has 0 aliphatic heterocycles. The van der Waals surface area contributed by atoms with E-state index in [-0.39, 0.29) is 151 Å². The minimum atomic E-state index is -5.20. The molecule has 22 heteroatoms. The second-order valence-electron chi connectivity index (χ2n) is 8.26. The summed E-state index contributed by atoms with van der Waals surface area (Å²) in [5.74, 6) is -1.66. The molecule has 0 amide bonds. The standard InChI is InChI=1S/C24H19N5O10S3.4Na/c25-22-19(28-26-16-4-2-1-3-5-16)11-6-15-14-20(41(33,34)35)23(24(30)21(15)22)29-27-17-7-9-18(10-8-17)40(31,32)13-12-39-42(36,37)38;;;;/h2-10,14,25-26,30H,12-13H2,(H,33,34,35)(H,36,37,38);;;;/q-2;4*+1/p-2/b25-22?,28-19+,29-27?;;;;. The van der Waals surface area contributed by atoms with E-state index in [2.05, 4.69) is 37.1 Å². The molecule has 15 nitrogen and oxygen atoms in total. The Morgan fingerprint density at radius 1 is 0.913 bits per heavy atom. The fraction of sp³-hybridized carbons (Fsp3) is 0.0833. The number of hydrogen-bond acceptors (Lipinski definition) is 15. The molecular weight excluding hydrogens is 706 g/mol. The normalized spacial score (nSPS) is 13.5. The Labute approximate surface area is 353 Å². The largest absolute Gasteiger partial charge is 1.00 e. The first-order valence-corrected chi connectivity index (χ1v) is 15.7. The molecular formula is C24H17N5Na4O10S3. The number of azo groups is 1. The summed E-state index contributed by atoms with van der Waals surface area (Å²) in [6, 6.07) is 14.8. The van der Waals surface area contributed by atoms with Gasteiger partial charge < -0.3 is 25.0 Å². The van der Waals surface area contributed by atoms with Gasteiger partial charge in [-0.25, -0.2) is 30.4 Å². The third-order valence-electron chi connectivity index (χ3n) is 5.45. The summed E-state index contributed by atoms with van der Waals surface area (Å²) >= 11 is 0. The molecule has 0 aromatic heterocycles. The van der Waals surface area contributed by atoms with Crippen LogP contribution in [0.2, 0.25) is 0 Å². The van der Waals surface area contributed by atoms with Crippen LogP contribution in [0.1, 0.15) is 11.1 Å². The number of aromatic hydroxyl groups is 1. The molecule has 0 fully saturated rings. The first-order valence-electron chi connectivity index (χ1n) is 11.4. The Hall–Kier alpha value is -0.330. The van der Waals surface area contributed by atoms with E-state index >= 15 is 0 Å². The fourth-order valence-corrected chi connectivity index (χ4v) is 5.64. The molecule has 0 spiro atoms. The summed E-state index contributed by atoms with van der Waals surface area (Å²) in [6.45, 7) is -0.894. The summed E-state index contributed by atoms with van der Waals surface area (Å²) in [5, 5.41) is 31.0. The van der Waals surface area contributed by atoms with Crippen LogP contribution in [-0.4, -0.2) is 63.2 Å². The number of fused-ring (bicyclic) bond motifs is 1. The zero-order chi connectivity index (χ0) is 30.7. The van der Waals surface area contributed by atoms with Crippen molar-refractivity contribution in [2.24, 2.45) is 15.3 Å². The monoisotopic (exact) mass is 723 g/mol. The molecule has 3 N–H and O–H groups in total. The van der Waals surface area contributed by atoms with Crippen LogP contribution in [0.15, 0.2) is 79.7 Å². The molecule has 1 aliphatic carbocycles. The van der Waals surface area contributed by atoms with Crippen LogP contribution < -0.4 is 124 Å². The van der Waals surface area contributed by atoms with E-state index in [9.17, 15) is 39.5 Å². The maximum atomic E-state index is 12.3. The minimum Gasteiger partial charge on any atom is -0.744 e. The van der Waals surface area contributed by atoms with Crippen molar-refractivity contribution in [1.29, 1.82) is 5.41 Å². The molecule has 0 unspecified atom stereocenters. The molecule has 0 saturated carbocycles. The molecule has 0 saturated heterocycles. The first-order chi connectivity index (χ1) is 19.7. The Bertz CT molecular complexity index is 1980. The molecule has 4 rings (SSSR count). The number of phenolic OH excluding ortho intramolecular Hbond substituents is 1. The van der Waals surface area contributed by atoms with Crippen molar-refractivity contribution >= 4 is 64.9 Å². The molecule has 3 aromatic carbocycles. The smallest absolute Gasteiger partial charge is 0.744 e. The van der Waals surface area contributed by atoms with Crippen molar-refractivity contribution in [2.75, 3.05) is 17.8 Å². The van der Waals surface area contributed by atoms with E-state index in [0.29, 0.717) is 5.69 Å². The number of hydrazone groups is 1. The third-order valence-corrected chi connectivity index (χ3v) is 8.45. The van der Waals surface area contributed by atoms with E-state index in [4.69, 9.17) is 5.41 Å². The Morgan fingerprint density at radius 3 is 2.09 bits per heavy atom. The molecule has 0 atom stereocenters. The van der Waals surface area contributed by atoms with Crippen molar-refractivity contribution in [3.05, 3.63) is 77.9 Å². The zero-order valence-corrected chi connectivity index (χ0v) is 35.3. The SMILES string of the molecule is N=C1/C(=N/Nc2cc[c-]cc2)[C-]=Cc2cc(S(=O)(=O)[O-])c(N=Nc3ccc(S(=O)(=O)CCOS(=O)(=O)[O-])cc3)c(O)c21.[Na+].[Na+].[Na+].[Na+]. The summed E-state index contributed by atoms with van der Waals surface area (Å²) in [7, 11) is -14.3. The average Bonchev–Trinajstić information content (AvgIpc) is 2.91. The number of nitrogens with one attached hydrogen (secondary N) is 2. The van der Waals surface area contributed by atoms with Crippen LogP contribution in [0.5, 0.6) is 5.75 Å². The van der Waals surface area contributed by atoms with E-state index in [1.54, 1.807) is 24.3 Å². The van der Waals surface area contributed by atoms with Gasteiger partial charge in [0.25, 0.3) is 0 Å². The third kappa shape index (κ3) is 12.2. The van der Waals surface area contributed by atoms with E-state index < -0.39 is 59.0 Å². The van der Waals surface area contributed by atoms with Crippen molar-refractivity contribution in [1.82, 2.24) is 0 Å². The minimum absolute atomic E-state index is 0. The summed E-state index contributed by atoms with van der Waals surface area (Å²) in [4.78, 5) is -1.21. The van der Waals surface area contributed by atoms with Crippen molar-refractivity contribution in [3.63, 3.8) is 0 Å². The van der Waals surface area contributed by atoms with Gasteiger partial charge in [-0.05, 0) is 35.7 Å². The summed E-state index contributed by atoms with van der Waals surface area (Å²) in [5.41, 5.74) is 1.85. The molecule has 1 aliphatic rings. The second-order valence-corrected chi connectivity index (χ2v) is 12.8. The van der Waals surface area contributed by atoms with Crippen molar-refractivity contribution in [3.8, 4) is 5.75 Å². The van der Waals surface area contributed by atoms with Gasteiger partial charge in [-0.15, -0.1) is 22.8 Å².